The smallest absolute Gasteiger partial charge is 0.177 e. The molecule has 1 aliphatic heterocycles. The lowest BCUT2D eigenvalue weighted by molar-refractivity contribution is 0.0989. The molecule has 1 aromatic carbocycles. The number of carbonyl (C=O) groups is 1. The number of hydrogen-bond donors (Lipinski definition) is 0. The first kappa shape index (κ1) is 13.7. The van der Waals surface area contributed by atoms with Crippen molar-refractivity contribution in [3.8, 4) is 5.75 Å². The maximum absolute atomic E-state index is 13.6. The van der Waals surface area contributed by atoms with E-state index in [-0.39, 0.29) is 22.0 Å². The number of carbonyl (C=O) groups excluding carboxylic acids is 1. The van der Waals surface area contributed by atoms with Crippen LogP contribution in [0.15, 0.2) is 18.2 Å². The van der Waals surface area contributed by atoms with E-state index in [4.69, 9.17) is 4.74 Å². The molecule has 0 saturated carbocycles. The summed E-state index contributed by atoms with van der Waals surface area (Å²) in [5.41, 5.74) is 0.431. The van der Waals surface area contributed by atoms with Crippen LogP contribution in [0.1, 0.15) is 17.3 Å². The van der Waals surface area contributed by atoms with Gasteiger partial charge in [0, 0.05) is 22.3 Å². The minimum Gasteiger partial charge on any atom is -0.494 e. The van der Waals surface area contributed by atoms with Crippen molar-refractivity contribution in [1.29, 1.82) is 0 Å². The summed E-state index contributed by atoms with van der Waals surface area (Å²) >= 11 is 3.47. The summed E-state index contributed by atoms with van der Waals surface area (Å²) < 4.78 is 18.4. The highest BCUT2D eigenvalue weighted by Crippen LogP contribution is 2.33. The van der Waals surface area contributed by atoms with Gasteiger partial charge in [-0.3, -0.25) is 4.79 Å². The molecule has 0 N–H and O–H groups in total. The van der Waals surface area contributed by atoms with Crippen LogP contribution in [0.25, 0.3) is 0 Å². The highest BCUT2D eigenvalue weighted by Gasteiger charge is 2.30. The van der Waals surface area contributed by atoms with E-state index in [1.807, 2.05) is 0 Å². The first-order valence-electron chi connectivity index (χ1n) is 5.74. The van der Waals surface area contributed by atoms with Gasteiger partial charge in [-0.25, -0.2) is 4.39 Å². The van der Waals surface area contributed by atoms with Crippen LogP contribution in [0.3, 0.4) is 0 Å². The highest BCUT2D eigenvalue weighted by atomic mass is 32.2. The predicted molar refractivity (Wildman–Crippen MR) is 75.4 cm³/mol. The molecule has 5 heteroatoms. The number of ether oxygens (including phenoxy) is 1. The molecular weight excluding hydrogens is 271 g/mol. The number of thioether (sulfide) groups is 2. The fraction of sp³-hybridized carbons (Fsp3) is 0.462. The predicted octanol–water partition coefficient (Wildman–Crippen LogP) is 3.25. The zero-order valence-corrected chi connectivity index (χ0v) is 11.9. The number of Topliss-reactive ketones (excluding diaryl/α,β-unsaturated/α-hetero) is 1. The average Bonchev–Trinajstić information content (AvgIpc) is 2.38. The SMILES string of the molecule is COc1ccc(C(=O)C2SCCSC2C)cc1F. The van der Waals surface area contributed by atoms with E-state index in [1.54, 1.807) is 29.6 Å². The van der Waals surface area contributed by atoms with E-state index < -0.39 is 5.82 Å². The molecule has 18 heavy (non-hydrogen) atoms. The lowest BCUT2D eigenvalue weighted by Crippen LogP contribution is -2.31. The fourth-order valence-electron chi connectivity index (χ4n) is 1.90. The Bertz CT molecular complexity index is 451. The normalized spacial score (nSPS) is 23.7. The first-order chi connectivity index (χ1) is 8.63. The van der Waals surface area contributed by atoms with Crippen molar-refractivity contribution in [2.45, 2.75) is 17.4 Å². The molecule has 0 bridgehead atoms. The molecule has 0 aliphatic carbocycles. The Balaban J connectivity index is 2.20. The number of hydrogen-bond acceptors (Lipinski definition) is 4. The largest absolute Gasteiger partial charge is 0.494 e. The van der Waals surface area contributed by atoms with E-state index in [9.17, 15) is 9.18 Å². The van der Waals surface area contributed by atoms with E-state index >= 15 is 0 Å². The van der Waals surface area contributed by atoms with Crippen LogP contribution < -0.4 is 4.74 Å². The Morgan fingerprint density at radius 3 is 2.72 bits per heavy atom. The third kappa shape index (κ3) is 2.83. The van der Waals surface area contributed by atoms with Gasteiger partial charge in [0.05, 0.1) is 12.4 Å². The van der Waals surface area contributed by atoms with Gasteiger partial charge in [0.25, 0.3) is 0 Å². The van der Waals surface area contributed by atoms with Crippen LogP contribution in [0.2, 0.25) is 0 Å². The van der Waals surface area contributed by atoms with Crippen molar-refractivity contribution >= 4 is 29.3 Å². The number of ketones is 1. The Morgan fingerprint density at radius 2 is 2.11 bits per heavy atom. The average molecular weight is 286 g/mol. The Kier molecular flexibility index (Phi) is 4.56. The van der Waals surface area contributed by atoms with E-state index in [1.165, 1.54) is 19.2 Å². The molecule has 2 rings (SSSR count). The Morgan fingerprint density at radius 1 is 1.39 bits per heavy atom. The summed E-state index contributed by atoms with van der Waals surface area (Å²) in [6, 6.07) is 4.42. The topological polar surface area (TPSA) is 26.3 Å². The summed E-state index contributed by atoms with van der Waals surface area (Å²) in [5, 5.41) is 0.206. The zero-order chi connectivity index (χ0) is 13.1. The molecule has 1 heterocycles. The molecule has 2 atom stereocenters. The van der Waals surface area contributed by atoms with Crippen molar-refractivity contribution in [3.63, 3.8) is 0 Å². The van der Waals surface area contributed by atoms with Crippen LogP contribution in [0.5, 0.6) is 5.75 Å². The molecule has 2 nitrogen and oxygen atoms in total. The molecule has 0 aromatic heterocycles. The van der Waals surface area contributed by atoms with Gasteiger partial charge in [0.1, 0.15) is 0 Å². The van der Waals surface area contributed by atoms with Crippen LogP contribution in [0.4, 0.5) is 4.39 Å². The van der Waals surface area contributed by atoms with Gasteiger partial charge >= 0.3 is 0 Å². The van der Waals surface area contributed by atoms with Gasteiger partial charge in [-0.05, 0) is 18.2 Å². The van der Waals surface area contributed by atoms with Crippen molar-refractivity contribution in [2.75, 3.05) is 18.6 Å². The Labute approximate surface area is 115 Å². The summed E-state index contributed by atoms with van der Waals surface area (Å²) in [5.74, 6) is 1.76. The van der Waals surface area contributed by atoms with E-state index in [2.05, 4.69) is 6.92 Å². The zero-order valence-electron chi connectivity index (χ0n) is 10.3. The minimum absolute atomic E-state index is 0.0150. The number of methoxy groups -OCH3 is 1. The maximum atomic E-state index is 13.6. The van der Waals surface area contributed by atoms with Gasteiger partial charge in [-0.2, -0.15) is 11.8 Å². The number of rotatable bonds is 3. The third-order valence-corrected chi connectivity index (χ3v) is 5.97. The number of benzene rings is 1. The van der Waals surface area contributed by atoms with Crippen LogP contribution in [0, 0.1) is 5.82 Å². The van der Waals surface area contributed by atoms with E-state index in [0.717, 1.165) is 11.5 Å². The van der Waals surface area contributed by atoms with Gasteiger partial charge < -0.3 is 4.74 Å². The van der Waals surface area contributed by atoms with Gasteiger partial charge in [-0.1, -0.05) is 6.92 Å². The minimum atomic E-state index is -0.482. The lowest BCUT2D eigenvalue weighted by atomic mass is 10.1. The quantitative estimate of drug-likeness (QED) is 0.797. The fourth-order valence-corrected chi connectivity index (χ4v) is 4.63. The summed E-state index contributed by atoms with van der Waals surface area (Å²) in [6.45, 7) is 2.05. The van der Waals surface area contributed by atoms with Crippen molar-refractivity contribution in [3.05, 3.63) is 29.6 Å². The molecule has 1 saturated heterocycles. The molecule has 0 radical (unpaired) electrons. The summed E-state index contributed by atoms with van der Waals surface area (Å²) in [4.78, 5) is 12.3. The molecule has 0 spiro atoms. The molecule has 1 aromatic rings. The highest BCUT2D eigenvalue weighted by molar-refractivity contribution is 8.07. The first-order valence-corrected chi connectivity index (χ1v) is 7.84. The lowest BCUT2D eigenvalue weighted by Gasteiger charge is -2.26. The molecule has 1 aliphatic rings. The van der Waals surface area contributed by atoms with Crippen molar-refractivity contribution in [2.24, 2.45) is 0 Å². The second-order valence-corrected chi connectivity index (χ2v) is 6.82. The standard InChI is InChI=1S/C13H15FO2S2/c1-8-13(18-6-5-17-8)12(15)9-3-4-11(16-2)10(14)7-9/h3-4,7-8,13H,5-6H2,1-2H3. The van der Waals surface area contributed by atoms with Crippen LogP contribution in [-0.2, 0) is 0 Å². The van der Waals surface area contributed by atoms with Gasteiger partial charge in [0.15, 0.2) is 17.3 Å². The van der Waals surface area contributed by atoms with Crippen LogP contribution in [-0.4, -0.2) is 34.9 Å². The molecule has 98 valence electrons. The monoisotopic (exact) mass is 286 g/mol. The molecule has 1 fully saturated rings. The van der Waals surface area contributed by atoms with Crippen molar-refractivity contribution in [1.82, 2.24) is 0 Å². The summed E-state index contributed by atoms with van der Waals surface area (Å²) in [7, 11) is 1.41. The second-order valence-electron chi connectivity index (χ2n) is 4.08. The second kappa shape index (κ2) is 5.97. The van der Waals surface area contributed by atoms with Gasteiger partial charge in [0.2, 0.25) is 0 Å². The number of halogens is 1. The maximum Gasteiger partial charge on any atom is 0.177 e. The molecule has 2 unspecified atom stereocenters. The van der Waals surface area contributed by atoms with E-state index in [0.29, 0.717) is 5.56 Å². The Hall–Kier alpha value is -0.680. The molecule has 0 amide bonds. The van der Waals surface area contributed by atoms with Gasteiger partial charge in [-0.15, -0.1) is 11.8 Å². The summed E-state index contributed by atoms with van der Waals surface area (Å²) in [6.07, 6.45) is 0. The third-order valence-electron chi connectivity index (χ3n) is 2.88. The van der Waals surface area contributed by atoms with Crippen molar-refractivity contribution < 1.29 is 13.9 Å². The van der Waals surface area contributed by atoms with Crippen LogP contribution >= 0.6 is 23.5 Å². The molecular formula is C13H15FO2S2.